The van der Waals surface area contributed by atoms with Crippen LogP contribution in [-0.4, -0.2) is 30.3 Å². The molecule has 5 aromatic heterocycles. The van der Waals surface area contributed by atoms with E-state index in [1.54, 1.807) is 30.7 Å². The molecule has 0 amide bonds. The lowest BCUT2D eigenvalue weighted by molar-refractivity contribution is 0.473. The average Bonchev–Trinajstić information content (AvgIpc) is 3.50. The number of hydrogen-bond donors (Lipinski definition) is 3. The Bertz CT molecular complexity index is 1580. The first kappa shape index (κ1) is 17.8. The molecule has 31 heavy (non-hydrogen) atoms. The summed E-state index contributed by atoms with van der Waals surface area (Å²) in [7, 11) is 0. The van der Waals surface area contributed by atoms with Gasteiger partial charge in [0.2, 0.25) is 0 Å². The summed E-state index contributed by atoms with van der Waals surface area (Å²) < 4.78 is 13.6. The van der Waals surface area contributed by atoms with Gasteiger partial charge in [-0.1, -0.05) is 6.07 Å². The number of benzene rings is 1. The third-order valence-electron chi connectivity index (χ3n) is 5.26. The molecule has 150 valence electrons. The van der Waals surface area contributed by atoms with Gasteiger partial charge in [-0.3, -0.25) is 15.1 Å². The Morgan fingerprint density at radius 2 is 1.74 bits per heavy atom. The van der Waals surface area contributed by atoms with Crippen molar-refractivity contribution in [3.05, 3.63) is 72.4 Å². The maximum absolute atomic E-state index is 13.6. The first-order valence-corrected chi connectivity index (χ1v) is 10.3. The smallest absolute Gasteiger partial charge is 0.176 e. The van der Waals surface area contributed by atoms with Crippen LogP contribution in [0, 0.1) is 5.13 Å². The van der Waals surface area contributed by atoms with Gasteiger partial charge >= 0.3 is 0 Å². The molecule has 1 aromatic carbocycles. The highest BCUT2D eigenvalue weighted by Gasteiger charge is 2.15. The summed E-state index contributed by atoms with van der Waals surface area (Å²) in [5.41, 5.74) is 5.96. The van der Waals surface area contributed by atoms with E-state index in [1.165, 1.54) is 12.3 Å². The van der Waals surface area contributed by atoms with E-state index in [9.17, 15) is 9.50 Å². The van der Waals surface area contributed by atoms with Crippen LogP contribution in [0.25, 0.3) is 54.8 Å². The molecule has 0 aliphatic carbocycles. The third-order valence-corrected chi connectivity index (χ3v) is 6.17. The maximum atomic E-state index is 13.6. The molecule has 0 atom stereocenters. The fourth-order valence-electron chi connectivity index (χ4n) is 3.82. The maximum Gasteiger partial charge on any atom is 0.176 e. The number of H-pyrrole nitrogens is 2. The zero-order chi connectivity index (χ0) is 20.9. The second-order valence-corrected chi connectivity index (χ2v) is 8.23. The van der Waals surface area contributed by atoms with Crippen LogP contribution in [0.3, 0.4) is 0 Å². The Morgan fingerprint density at radius 3 is 2.58 bits per heavy atom. The fourth-order valence-corrected chi connectivity index (χ4v) is 4.57. The molecule has 0 aliphatic heterocycles. The molecule has 8 heteroatoms. The lowest BCUT2D eigenvalue weighted by Gasteiger charge is -2.02. The number of hydrogen-bond acceptors (Lipinski definition) is 5. The van der Waals surface area contributed by atoms with Gasteiger partial charge in [0.25, 0.3) is 0 Å². The second kappa shape index (κ2) is 6.75. The van der Waals surface area contributed by atoms with Gasteiger partial charge in [0, 0.05) is 39.2 Å². The van der Waals surface area contributed by atoms with Crippen LogP contribution >= 0.6 is 11.3 Å². The van der Waals surface area contributed by atoms with Crippen LogP contribution < -0.4 is 0 Å². The molecule has 6 rings (SSSR count). The monoisotopic (exact) mass is 427 g/mol. The molecule has 5 heterocycles. The lowest BCUT2D eigenvalue weighted by Crippen LogP contribution is -1.82. The summed E-state index contributed by atoms with van der Waals surface area (Å²) in [4.78, 5) is 12.6. The van der Waals surface area contributed by atoms with Crippen LogP contribution in [0.2, 0.25) is 0 Å². The van der Waals surface area contributed by atoms with Crippen LogP contribution in [0.15, 0.2) is 67.3 Å². The normalized spacial score (nSPS) is 11.5. The lowest BCUT2D eigenvalue weighted by atomic mass is 10.0. The summed E-state index contributed by atoms with van der Waals surface area (Å²) in [5, 5.41) is 19.0. The van der Waals surface area contributed by atoms with Crippen LogP contribution in [0.4, 0.5) is 4.39 Å². The highest BCUT2D eigenvalue weighted by atomic mass is 32.1. The number of aromatic nitrogens is 5. The van der Waals surface area contributed by atoms with Crippen LogP contribution in [0.5, 0.6) is 5.75 Å². The van der Waals surface area contributed by atoms with Crippen molar-refractivity contribution in [2.75, 3.05) is 0 Å². The molecule has 3 N–H and O–H groups in total. The highest BCUT2D eigenvalue weighted by molar-refractivity contribution is 7.14. The van der Waals surface area contributed by atoms with Crippen LogP contribution in [-0.2, 0) is 0 Å². The quantitative estimate of drug-likeness (QED) is 0.336. The number of halogens is 1. The van der Waals surface area contributed by atoms with E-state index in [2.05, 4.69) is 25.1 Å². The molecule has 0 unspecified atom stereocenters. The number of nitrogens with one attached hydrogen (secondary N) is 2. The number of rotatable bonds is 3. The molecule has 6 nitrogen and oxygen atoms in total. The molecule has 0 radical (unpaired) electrons. The number of fused-ring (bicyclic) bond motifs is 2. The van der Waals surface area contributed by atoms with Crippen molar-refractivity contribution in [1.82, 2.24) is 25.1 Å². The van der Waals surface area contributed by atoms with E-state index in [1.807, 2.05) is 24.3 Å². The third kappa shape index (κ3) is 2.96. The van der Waals surface area contributed by atoms with Gasteiger partial charge in [0.1, 0.15) is 11.4 Å². The first-order valence-electron chi connectivity index (χ1n) is 9.51. The fraction of sp³-hybridized carbons (Fsp3) is 0. The standard InChI is InChI=1S/C23H14FN5OS/c24-22-4-3-21(31-22)17-10-26-11-20-15(17)7-19(27-20)23-16-6-12(1-2-18(16)28-29-23)13-5-14(30)9-25-8-13/h1-11,27,30H,(H,28,29). The second-order valence-electron chi connectivity index (χ2n) is 7.20. The van der Waals surface area contributed by atoms with Gasteiger partial charge < -0.3 is 10.1 Å². The van der Waals surface area contributed by atoms with Crippen molar-refractivity contribution in [3.63, 3.8) is 0 Å². The minimum atomic E-state index is -0.227. The Labute approximate surface area is 179 Å². The van der Waals surface area contributed by atoms with Gasteiger partial charge in [0.05, 0.1) is 29.1 Å². The molecule has 0 bridgehead atoms. The largest absolute Gasteiger partial charge is 0.506 e. The predicted molar refractivity (Wildman–Crippen MR) is 119 cm³/mol. The molecular formula is C23H14FN5OS. The molecule has 0 saturated heterocycles. The average molecular weight is 427 g/mol. The molecule has 0 saturated carbocycles. The van der Waals surface area contributed by atoms with E-state index >= 15 is 0 Å². The number of aromatic amines is 2. The highest BCUT2D eigenvalue weighted by Crippen LogP contribution is 2.36. The van der Waals surface area contributed by atoms with Gasteiger partial charge in [-0.05, 0) is 42.0 Å². The summed E-state index contributed by atoms with van der Waals surface area (Å²) in [6.07, 6.45) is 6.62. The Hall–Kier alpha value is -4.04. The van der Waals surface area contributed by atoms with E-state index in [-0.39, 0.29) is 10.9 Å². The van der Waals surface area contributed by atoms with Crippen molar-refractivity contribution >= 4 is 33.1 Å². The summed E-state index contributed by atoms with van der Waals surface area (Å²) in [6.45, 7) is 0. The van der Waals surface area contributed by atoms with Crippen molar-refractivity contribution in [2.45, 2.75) is 0 Å². The summed E-state index contributed by atoms with van der Waals surface area (Å²) in [5.74, 6) is 0.116. The predicted octanol–water partition coefficient (Wildman–Crippen LogP) is 5.74. The van der Waals surface area contributed by atoms with Gasteiger partial charge in [-0.25, -0.2) is 0 Å². The van der Waals surface area contributed by atoms with Crippen molar-refractivity contribution < 1.29 is 9.50 Å². The number of pyridine rings is 2. The van der Waals surface area contributed by atoms with E-state index in [0.29, 0.717) is 0 Å². The summed E-state index contributed by atoms with van der Waals surface area (Å²) >= 11 is 1.10. The zero-order valence-corrected chi connectivity index (χ0v) is 16.7. The molecule has 6 aromatic rings. The molecule has 0 spiro atoms. The number of nitrogens with zero attached hydrogens (tertiary/aromatic N) is 3. The molecule has 0 fully saturated rings. The minimum Gasteiger partial charge on any atom is -0.506 e. The SMILES string of the molecule is Oc1cncc(-c2ccc3[nH]nc(-c4cc5c(-c6ccc(F)s6)cncc5[nH]4)c3c2)c1. The van der Waals surface area contributed by atoms with E-state index in [4.69, 9.17) is 0 Å². The van der Waals surface area contributed by atoms with Gasteiger partial charge in [-0.2, -0.15) is 9.49 Å². The zero-order valence-electron chi connectivity index (χ0n) is 15.9. The van der Waals surface area contributed by atoms with E-state index in [0.717, 1.165) is 66.1 Å². The van der Waals surface area contributed by atoms with Crippen LogP contribution in [0.1, 0.15) is 0 Å². The molecule has 0 aliphatic rings. The molecular weight excluding hydrogens is 413 g/mol. The van der Waals surface area contributed by atoms with E-state index < -0.39 is 0 Å². The Morgan fingerprint density at radius 1 is 0.839 bits per heavy atom. The number of aromatic hydroxyl groups is 1. The minimum absolute atomic E-state index is 0.116. The Kier molecular flexibility index (Phi) is 3.87. The van der Waals surface area contributed by atoms with Crippen molar-refractivity contribution in [1.29, 1.82) is 0 Å². The van der Waals surface area contributed by atoms with Crippen molar-refractivity contribution in [3.8, 4) is 38.7 Å². The first-order chi connectivity index (χ1) is 15.2. The summed E-state index contributed by atoms with van der Waals surface area (Å²) in [6, 6.07) is 12.9. The Balaban J connectivity index is 1.51. The van der Waals surface area contributed by atoms with Gasteiger partial charge in [0.15, 0.2) is 5.13 Å². The van der Waals surface area contributed by atoms with Crippen molar-refractivity contribution in [2.24, 2.45) is 0 Å². The van der Waals surface area contributed by atoms with Gasteiger partial charge in [-0.15, -0.1) is 11.3 Å². The number of thiophene rings is 1. The topological polar surface area (TPSA) is 90.5 Å².